The number of halogens is 1. The molecule has 0 radical (unpaired) electrons. The highest BCUT2D eigenvalue weighted by Crippen LogP contribution is 2.35. The average Bonchev–Trinajstić information content (AvgIpc) is 2.44. The van der Waals surface area contributed by atoms with Crippen molar-refractivity contribution in [1.82, 2.24) is 5.32 Å². The fourth-order valence-corrected chi connectivity index (χ4v) is 2.41. The van der Waals surface area contributed by atoms with Gasteiger partial charge in [-0.15, -0.1) is 0 Å². The average molecular weight is 314 g/mol. The molecule has 1 aromatic carbocycles. The number of hydrogen-bond donors (Lipinski definition) is 1. The van der Waals surface area contributed by atoms with E-state index in [1.165, 1.54) is 25.7 Å². The van der Waals surface area contributed by atoms with Crippen LogP contribution in [0, 0.1) is 0 Å². The second-order valence-corrected chi connectivity index (χ2v) is 5.94. The molecule has 4 heteroatoms. The third kappa shape index (κ3) is 6.58. The minimum Gasteiger partial charge on any atom is -0.493 e. The van der Waals surface area contributed by atoms with Crippen LogP contribution in [-0.4, -0.2) is 19.8 Å². The molecule has 0 heterocycles. The van der Waals surface area contributed by atoms with Gasteiger partial charge in [0, 0.05) is 23.2 Å². The molecule has 0 unspecified atom stereocenters. The van der Waals surface area contributed by atoms with Gasteiger partial charge in [-0.3, -0.25) is 0 Å². The van der Waals surface area contributed by atoms with Gasteiger partial charge < -0.3 is 14.8 Å². The summed E-state index contributed by atoms with van der Waals surface area (Å²) in [4.78, 5) is 0. The molecule has 0 spiro atoms. The third-order valence-corrected chi connectivity index (χ3v) is 3.41. The van der Waals surface area contributed by atoms with Crippen molar-refractivity contribution in [2.24, 2.45) is 0 Å². The predicted octanol–water partition coefficient (Wildman–Crippen LogP) is 4.81. The van der Waals surface area contributed by atoms with Gasteiger partial charge in [-0.2, -0.15) is 0 Å². The van der Waals surface area contributed by atoms with E-state index in [1.807, 2.05) is 19.9 Å². The molecule has 0 aromatic heterocycles. The van der Waals surface area contributed by atoms with Gasteiger partial charge in [-0.05, 0) is 32.9 Å². The molecule has 0 atom stereocenters. The number of ether oxygens (including phenoxy) is 2. The predicted molar refractivity (Wildman–Crippen MR) is 89.6 cm³/mol. The van der Waals surface area contributed by atoms with E-state index in [0.29, 0.717) is 10.8 Å². The van der Waals surface area contributed by atoms with Crippen LogP contribution in [0.1, 0.15) is 52.0 Å². The molecule has 0 aliphatic rings. The largest absolute Gasteiger partial charge is 0.493 e. The van der Waals surface area contributed by atoms with Gasteiger partial charge in [0.1, 0.15) is 0 Å². The summed E-state index contributed by atoms with van der Waals surface area (Å²) in [6, 6.07) is 3.74. The van der Waals surface area contributed by atoms with Gasteiger partial charge in [0.15, 0.2) is 11.5 Å². The Morgan fingerprint density at radius 2 is 1.95 bits per heavy atom. The maximum atomic E-state index is 6.16. The Hall–Kier alpha value is -0.930. The fourth-order valence-electron chi connectivity index (χ4n) is 2.17. The van der Waals surface area contributed by atoms with E-state index in [0.717, 1.165) is 24.4 Å². The molecule has 0 aliphatic heterocycles. The Morgan fingerprint density at radius 1 is 1.19 bits per heavy atom. The highest BCUT2D eigenvalue weighted by Gasteiger charge is 2.14. The smallest absolute Gasteiger partial charge is 0.166 e. The number of benzene rings is 1. The molecule has 0 aliphatic carbocycles. The van der Waals surface area contributed by atoms with Crippen LogP contribution in [0.4, 0.5) is 0 Å². The summed E-state index contributed by atoms with van der Waals surface area (Å²) in [6.45, 7) is 7.99. The molecule has 3 nitrogen and oxygen atoms in total. The maximum Gasteiger partial charge on any atom is 0.166 e. The molecule has 1 N–H and O–H groups in total. The van der Waals surface area contributed by atoms with Crippen LogP contribution in [0.5, 0.6) is 11.5 Å². The summed E-state index contributed by atoms with van der Waals surface area (Å²) in [5.41, 5.74) is 1.04. The lowest BCUT2D eigenvalue weighted by Gasteiger charge is -2.18. The Balaban J connectivity index is 2.67. The van der Waals surface area contributed by atoms with Crippen LogP contribution in [-0.2, 0) is 6.54 Å². The quantitative estimate of drug-likeness (QED) is 0.629. The Labute approximate surface area is 134 Å². The van der Waals surface area contributed by atoms with Crippen molar-refractivity contribution in [3.63, 3.8) is 0 Å². The Bertz CT molecular complexity index is 421. The van der Waals surface area contributed by atoms with Crippen LogP contribution in [0.3, 0.4) is 0 Å². The lowest BCUT2D eigenvalue weighted by atomic mass is 10.1. The van der Waals surface area contributed by atoms with Crippen molar-refractivity contribution in [3.8, 4) is 11.5 Å². The van der Waals surface area contributed by atoms with Crippen molar-refractivity contribution >= 4 is 11.6 Å². The topological polar surface area (TPSA) is 30.5 Å². The van der Waals surface area contributed by atoms with Crippen molar-refractivity contribution in [1.29, 1.82) is 0 Å². The SMILES string of the molecule is CCCCCCNCc1cc(Cl)cc(OC)c1OC(C)C. The van der Waals surface area contributed by atoms with Gasteiger partial charge in [0.25, 0.3) is 0 Å². The first kappa shape index (κ1) is 18.1. The minimum atomic E-state index is 0.100. The Kier molecular flexibility index (Phi) is 8.55. The van der Waals surface area contributed by atoms with Gasteiger partial charge in [0.2, 0.25) is 0 Å². The van der Waals surface area contributed by atoms with E-state index < -0.39 is 0 Å². The monoisotopic (exact) mass is 313 g/mol. The highest BCUT2D eigenvalue weighted by atomic mass is 35.5. The van der Waals surface area contributed by atoms with E-state index in [9.17, 15) is 0 Å². The second-order valence-electron chi connectivity index (χ2n) is 5.50. The maximum absolute atomic E-state index is 6.16. The van der Waals surface area contributed by atoms with Gasteiger partial charge in [-0.25, -0.2) is 0 Å². The molecule has 0 fully saturated rings. The van der Waals surface area contributed by atoms with Crippen molar-refractivity contribution < 1.29 is 9.47 Å². The highest BCUT2D eigenvalue weighted by molar-refractivity contribution is 6.30. The molecular weight excluding hydrogens is 286 g/mol. The second kappa shape index (κ2) is 9.91. The lowest BCUT2D eigenvalue weighted by Crippen LogP contribution is -2.17. The Morgan fingerprint density at radius 3 is 2.57 bits per heavy atom. The van der Waals surface area contributed by atoms with E-state index in [2.05, 4.69) is 12.2 Å². The molecule has 0 amide bonds. The molecule has 120 valence electrons. The van der Waals surface area contributed by atoms with Crippen molar-refractivity contribution in [3.05, 3.63) is 22.7 Å². The van der Waals surface area contributed by atoms with E-state index in [-0.39, 0.29) is 6.10 Å². The first-order valence-corrected chi connectivity index (χ1v) is 8.20. The summed E-state index contributed by atoms with van der Waals surface area (Å²) >= 11 is 6.16. The fraction of sp³-hybridized carbons (Fsp3) is 0.647. The molecule has 1 rings (SSSR count). The zero-order valence-electron chi connectivity index (χ0n) is 13.7. The van der Waals surface area contributed by atoms with E-state index in [1.54, 1.807) is 13.2 Å². The van der Waals surface area contributed by atoms with E-state index >= 15 is 0 Å². The normalized spacial score (nSPS) is 11.0. The van der Waals surface area contributed by atoms with Crippen LogP contribution in [0.25, 0.3) is 0 Å². The first-order chi connectivity index (χ1) is 10.1. The third-order valence-electron chi connectivity index (χ3n) is 3.19. The van der Waals surface area contributed by atoms with Crippen molar-refractivity contribution in [2.75, 3.05) is 13.7 Å². The van der Waals surface area contributed by atoms with Crippen LogP contribution < -0.4 is 14.8 Å². The summed E-state index contributed by atoms with van der Waals surface area (Å²) in [5, 5.41) is 4.13. The van der Waals surface area contributed by atoms with Gasteiger partial charge in [0.05, 0.1) is 13.2 Å². The molecular formula is C17H28ClNO2. The van der Waals surface area contributed by atoms with Crippen LogP contribution >= 0.6 is 11.6 Å². The van der Waals surface area contributed by atoms with Gasteiger partial charge >= 0.3 is 0 Å². The summed E-state index contributed by atoms with van der Waals surface area (Å²) in [7, 11) is 1.64. The zero-order chi connectivity index (χ0) is 15.7. The van der Waals surface area contributed by atoms with Crippen LogP contribution in [0.2, 0.25) is 5.02 Å². The molecule has 1 aromatic rings. The molecule has 21 heavy (non-hydrogen) atoms. The number of methoxy groups -OCH3 is 1. The molecule has 0 bridgehead atoms. The minimum absolute atomic E-state index is 0.100. The van der Waals surface area contributed by atoms with Crippen molar-refractivity contribution in [2.45, 2.75) is 59.1 Å². The summed E-state index contributed by atoms with van der Waals surface area (Å²) in [6.07, 6.45) is 5.14. The summed E-state index contributed by atoms with van der Waals surface area (Å²) in [5.74, 6) is 1.48. The van der Waals surface area contributed by atoms with Gasteiger partial charge in [-0.1, -0.05) is 37.8 Å². The van der Waals surface area contributed by atoms with Crippen LogP contribution in [0.15, 0.2) is 12.1 Å². The first-order valence-electron chi connectivity index (χ1n) is 7.82. The van der Waals surface area contributed by atoms with E-state index in [4.69, 9.17) is 21.1 Å². The zero-order valence-corrected chi connectivity index (χ0v) is 14.4. The standard InChI is InChI=1S/C17H28ClNO2/c1-5-6-7-8-9-19-12-14-10-15(18)11-16(20-4)17(14)21-13(2)3/h10-11,13,19H,5-9,12H2,1-4H3. The summed E-state index contributed by atoms with van der Waals surface area (Å²) < 4.78 is 11.3. The lowest BCUT2D eigenvalue weighted by molar-refractivity contribution is 0.227. The molecule has 0 saturated heterocycles. The number of rotatable bonds is 10. The number of unbranched alkanes of at least 4 members (excludes halogenated alkanes) is 3. The number of hydrogen-bond acceptors (Lipinski definition) is 3. The molecule has 0 saturated carbocycles. The number of nitrogens with one attached hydrogen (secondary N) is 1.